The Kier molecular flexibility index (Phi) is 37.9. The standard InChI is InChI=1S/C50H92O12S/c1-3-5-7-9-11-13-15-17-19-20-21-22-23-25-26-28-30-32-34-36-38-45(51)59-40-43(41-60-50-49(55)48(54)47(53)44(62-50)42-63(56,57)58)61-46(52)39-37-35-33-31-29-27-24-18-16-14-12-10-8-6-4-2/h12,14,18,24,43-44,47-50,53-55H,3-11,13,15-17,19-23,25-42H2,1-2H3,(H,56,57,58)/b14-12-,24-18-. The fourth-order valence-electron chi connectivity index (χ4n) is 7.83. The molecule has 1 rings (SSSR count). The van der Waals surface area contributed by atoms with Gasteiger partial charge in [0.15, 0.2) is 12.4 Å². The van der Waals surface area contributed by atoms with Gasteiger partial charge in [-0.2, -0.15) is 8.42 Å². The summed E-state index contributed by atoms with van der Waals surface area (Å²) in [5.74, 6) is -1.99. The maximum atomic E-state index is 12.8. The lowest BCUT2D eigenvalue weighted by atomic mass is 10.00. The van der Waals surface area contributed by atoms with E-state index in [1.807, 2.05) is 0 Å². The lowest BCUT2D eigenvalue weighted by Crippen LogP contribution is -2.60. The quantitative estimate of drug-likeness (QED) is 0.0197. The van der Waals surface area contributed by atoms with E-state index in [-0.39, 0.29) is 19.4 Å². The number of carbonyl (C=O) groups excluding carboxylic acids is 2. The number of aliphatic hydroxyl groups excluding tert-OH is 3. The largest absolute Gasteiger partial charge is 0.462 e. The number of hydrogen-bond acceptors (Lipinski definition) is 11. The molecular weight excluding hydrogens is 825 g/mol. The van der Waals surface area contributed by atoms with Crippen molar-refractivity contribution in [3.05, 3.63) is 24.3 Å². The Balaban J connectivity index is 2.37. The predicted octanol–water partition coefficient (Wildman–Crippen LogP) is 11.2. The molecule has 6 atom stereocenters. The summed E-state index contributed by atoms with van der Waals surface area (Å²) in [7, 11) is -4.60. The molecule has 1 heterocycles. The van der Waals surface area contributed by atoms with Crippen LogP contribution in [0.25, 0.3) is 0 Å². The van der Waals surface area contributed by atoms with E-state index >= 15 is 0 Å². The van der Waals surface area contributed by atoms with Crippen LogP contribution in [0.4, 0.5) is 0 Å². The Hall–Kier alpha value is -1.87. The number of rotatable bonds is 43. The van der Waals surface area contributed by atoms with Gasteiger partial charge in [-0.05, 0) is 44.9 Å². The highest BCUT2D eigenvalue weighted by atomic mass is 32.2. The van der Waals surface area contributed by atoms with Crippen molar-refractivity contribution < 1.29 is 56.8 Å². The molecule has 0 aromatic carbocycles. The van der Waals surface area contributed by atoms with Gasteiger partial charge in [0.25, 0.3) is 10.1 Å². The van der Waals surface area contributed by atoms with Gasteiger partial charge in [-0.3, -0.25) is 14.1 Å². The van der Waals surface area contributed by atoms with Crippen LogP contribution in [0.2, 0.25) is 0 Å². The first-order valence-electron chi connectivity index (χ1n) is 25.4. The lowest BCUT2D eigenvalue weighted by molar-refractivity contribution is -0.297. The van der Waals surface area contributed by atoms with Crippen LogP contribution in [0.3, 0.4) is 0 Å². The minimum Gasteiger partial charge on any atom is -0.462 e. The second kappa shape index (κ2) is 40.4. The molecule has 0 aromatic heterocycles. The van der Waals surface area contributed by atoms with E-state index < -0.39 is 71.2 Å². The first kappa shape index (κ1) is 59.1. The van der Waals surface area contributed by atoms with Crippen LogP contribution in [0.15, 0.2) is 24.3 Å². The summed E-state index contributed by atoms with van der Waals surface area (Å²) >= 11 is 0. The van der Waals surface area contributed by atoms with Gasteiger partial charge in [0.05, 0.1) is 6.61 Å². The smallest absolute Gasteiger partial charge is 0.306 e. The molecule has 0 radical (unpaired) electrons. The van der Waals surface area contributed by atoms with Gasteiger partial charge in [-0.15, -0.1) is 0 Å². The summed E-state index contributed by atoms with van der Waals surface area (Å²) in [6, 6.07) is 0. The molecule has 0 aromatic rings. The Labute approximate surface area is 383 Å². The van der Waals surface area contributed by atoms with E-state index in [2.05, 4.69) is 38.2 Å². The summed E-state index contributed by atoms with van der Waals surface area (Å²) < 4.78 is 54.2. The van der Waals surface area contributed by atoms with Crippen LogP contribution in [0.5, 0.6) is 0 Å². The maximum Gasteiger partial charge on any atom is 0.306 e. The van der Waals surface area contributed by atoms with Crippen LogP contribution in [-0.2, 0) is 38.7 Å². The van der Waals surface area contributed by atoms with Crippen LogP contribution >= 0.6 is 0 Å². The number of unbranched alkanes of at least 4 members (excludes halogenated alkanes) is 27. The Morgan fingerprint density at radius 3 is 1.43 bits per heavy atom. The highest BCUT2D eigenvalue weighted by Gasteiger charge is 2.46. The van der Waals surface area contributed by atoms with Crippen molar-refractivity contribution >= 4 is 22.1 Å². The molecule has 63 heavy (non-hydrogen) atoms. The van der Waals surface area contributed by atoms with Crippen molar-refractivity contribution in [3.8, 4) is 0 Å². The van der Waals surface area contributed by atoms with E-state index in [4.69, 9.17) is 18.9 Å². The molecular formula is C50H92O12S. The summed E-state index contributed by atoms with van der Waals surface area (Å²) in [5.41, 5.74) is 0. The second-order valence-corrected chi connectivity index (χ2v) is 19.3. The van der Waals surface area contributed by atoms with E-state index in [1.54, 1.807) is 0 Å². The zero-order valence-corrected chi connectivity index (χ0v) is 40.5. The number of hydrogen-bond donors (Lipinski definition) is 4. The average Bonchev–Trinajstić information content (AvgIpc) is 3.25. The minimum absolute atomic E-state index is 0.151. The van der Waals surface area contributed by atoms with E-state index in [0.29, 0.717) is 12.8 Å². The molecule has 0 aliphatic carbocycles. The number of aliphatic hydroxyl groups is 3. The van der Waals surface area contributed by atoms with Crippen molar-refractivity contribution in [2.45, 2.75) is 263 Å². The Morgan fingerprint density at radius 1 is 0.540 bits per heavy atom. The van der Waals surface area contributed by atoms with Gasteiger partial charge in [0.2, 0.25) is 0 Å². The third-order valence-electron chi connectivity index (χ3n) is 11.8. The number of allylic oxidation sites excluding steroid dienone is 4. The molecule has 0 spiro atoms. The summed E-state index contributed by atoms with van der Waals surface area (Å²) in [6.07, 6.45) is 36.5. The van der Waals surface area contributed by atoms with E-state index in [9.17, 15) is 37.9 Å². The number of ether oxygens (including phenoxy) is 4. The monoisotopic (exact) mass is 917 g/mol. The third kappa shape index (κ3) is 35.1. The topological polar surface area (TPSA) is 186 Å². The first-order chi connectivity index (χ1) is 30.5. The molecule has 0 amide bonds. The summed E-state index contributed by atoms with van der Waals surface area (Å²) in [6.45, 7) is 3.75. The molecule has 0 saturated carbocycles. The minimum atomic E-state index is -4.60. The molecule has 1 saturated heterocycles. The zero-order valence-electron chi connectivity index (χ0n) is 39.7. The Bertz CT molecular complexity index is 1260. The van der Waals surface area contributed by atoms with Crippen LogP contribution in [-0.4, -0.2) is 96.0 Å². The van der Waals surface area contributed by atoms with Crippen molar-refractivity contribution in [2.24, 2.45) is 0 Å². The van der Waals surface area contributed by atoms with Crippen molar-refractivity contribution in [3.63, 3.8) is 0 Å². The molecule has 1 aliphatic heterocycles. The van der Waals surface area contributed by atoms with Gasteiger partial charge in [-0.1, -0.05) is 192 Å². The van der Waals surface area contributed by atoms with Gasteiger partial charge < -0.3 is 34.3 Å². The van der Waals surface area contributed by atoms with Crippen molar-refractivity contribution in [1.29, 1.82) is 0 Å². The second-order valence-electron chi connectivity index (χ2n) is 17.8. The molecule has 1 aliphatic rings. The maximum absolute atomic E-state index is 12.8. The SMILES string of the molecule is CCCCC/C=C\C/C=C\CCCCCCCC(=O)OC(COC(=O)CCCCCCCCCCCCCCCCCCCCCC)COC1OC(CS(=O)(=O)O)C(O)C(O)C1O. The summed E-state index contributed by atoms with van der Waals surface area (Å²) in [5, 5.41) is 30.9. The van der Waals surface area contributed by atoms with Gasteiger partial charge in [0.1, 0.15) is 36.8 Å². The lowest BCUT2D eigenvalue weighted by Gasteiger charge is -2.40. The number of esters is 2. The van der Waals surface area contributed by atoms with Gasteiger partial charge in [0, 0.05) is 12.8 Å². The molecule has 12 nitrogen and oxygen atoms in total. The zero-order chi connectivity index (χ0) is 46.2. The molecule has 1 fully saturated rings. The fourth-order valence-corrected chi connectivity index (χ4v) is 8.52. The molecule has 13 heteroatoms. The fraction of sp³-hybridized carbons (Fsp3) is 0.880. The predicted molar refractivity (Wildman–Crippen MR) is 252 cm³/mol. The Morgan fingerprint density at radius 2 is 0.952 bits per heavy atom. The van der Waals surface area contributed by atoms with Crippen LogP contribution in [0, 0.1) is 0 Å². The van der Waals surface area contributed by atoms with Crippen LogP contribution < -0.4 is 0 Å². The van der Waals surface area contributed by atoms with Gasteiger partial charge >= 0.3 is 11.9 Å². The normalized spacial score (nSPS) is 19.9. The van der Waals surface area contributed by atoms with Crippen LogP contribution in [0.1, 0.15) is 226 Å². The highest BCUT2D eigenvalue weighted by Crippen LogP contribution is 2.24. The van der Waals surface area contributed by atoms with Gasteiger partial charge in [-0.25, -0.2) is 0 Å². The number of carbonyl (C=O) groups is 2. The molecule has 6 unspecified atom stereocenters. The third-order valence-corrected chi connectivity index (χ3v) is 12.5. The average molecular weight is 917 g/mol. The van der Waals surface area contributed by atoms with Crippen molar-refractivity contribution in [2.75, 3.05) is 19.0 Å². The van der Waals surface area contributed by atoms with E-state index in [1.165, 1.54) is 122 Å². The highest BCUT2D eigenvalue weighted by molar-refractivity contribution is 7.85. The molecule has 370 valence electrons. The van der Waals surface area contributed by atoms with E-state index in [0.717, 1.165) is 64.2 Å². The first-order valence-corrected chi connectivity index (χ1v) is 27.0. The molecule has 0 bridgehead atoms. The summed E-state index contributed by atoms with van der Waals surface area (Å²) in [4.78, 5) is 25.5. The van der Waals surface area contributed by atoms with Crippen molar-refractivity contribution in [1.82, 2.24) is 0 Å². The molecule has 4 N–H and O–H groups in total.